The molecule has 6 heteroatoms. The molecule has 30 heavy (non-hydrogen) atoms. The zero-order valence-corrected chi connectivity index (χ0v) is 18.5. The van der Waals surface area contributed by atoms with Gasteiger partial charge in [0.15, 0.2) is 0 Å². The zero-order valence-electron chi connectivity index (χ0n) is 18.5. The number of amides is 1. The Balaban J connectivity index is 1.75. The number of anilines is 1. The summed E-state index contributed by atoms with van der Waals surface area (Å²) in [6.45, 7) is 3.18. The summed E-state index contributed by atoms with van der Waals surface area (Å²) in [5.41, 5.74) is 3.06. The van der Waals surface area contributed by atoms with E-state index in [1.807, 2.05) is 30.3 Å². The molecule has 0 saturated carbocycles. The highest BCUT2D eigenvalue weighted by atomic mass is 16.7. The fourth-order valence-electron chi connectivity index (χ4n) is 3.91. The summed E-state index contributed by atoms with van der Waals surface area (Å²) < 4.78 is 10.8. The van der Waals surface area contributed by atoms with E-state index in [1.54, 1.807) is 26.1 Å². The van der Waals surface area contributed by atoms with Crippen LogP contribution in [0.1, 0.15) is 28.4 Å². The Bertz CT molecular complexity index is 795. The normalized spacial score (nSPS) is 17.7. The fraction of sp³-hybridized carbons (Fsp3) is 0.458. The molecule has 0 aliphatic carbocycles. The van der Waals surface area contributed by atoms with Crippen LogP contribution in [-0.4, -0.2) is 76.5 Å². The first-order valence-electron chi connectivity index (χ1n) is 10.4. The number of nitrogens with zero attached hydrogens (tertiary/aromatic N) is 3. The van der Waals surface area contributed by atoms with Crippen LogP contribution >= 0.6 is 0 Å². The highest BCUT2D eigenvalue weighted by Crippen LogP contribution is 2.28. The molecule has 0 N–H and O–H groups in total. The number of likely N-dealkylation sites (N-methyl/N-ethyl adjacent to an activating group) is 1. The standard InChI is InChI=1S/C24H33N3O3/c1-25(2)24(28)20-10-12-21(13-11-20)26(3)23(19-8-6-5-7-9-19)17-27-15-14-22(16-27)30-18-29-4/h5-13,22-23H,14-18H2,1-4H3/t22-,23+/m0/s1. The van der Waals surface area contributed by atoms with E-state index < -0.39 is 0 Å². The molecule has 1 aliphatic heterocycles. The predicted octanol–water partition coefficient (Wildman–Crippen LogP) is 3.26. The molecule has 0 aromatic heterocycles. The number of hydrogen-bond donors (Lipinski definition) is 0. The van der Waals surface area contributed by atoms with E-state index in [4.69, 9.17) is 9.47 Å². The Morgan fingerprint density at radius 3 is 2.43 bits per heavy atom. The summed E-state index contributed by atoms with van der Waals surface area (Å²) in [6, 6.07) is 18.6. The van der Waals surface area contributed by atoms with Gasteiger partial charge in [-0.05, 0) is 36.2 Å². The van der Waals surface area contributed by atoms with Crippen LogP contribution in [0.4, 0.5) is 5.69 Å². The molecule has 162 valence electrons. The lowest BCUT2D eigenvalue weighted by atomic mass is 10.0. The Labute approximate surface area is 180 Å². The monoisotopic (exact) mass is 411 g/mol. The maximum Gasteiger partial charge on any atom is 0.253 e. The average molecular weight is 412 g/mol. The molecule has 1 aliphatic rings. The van der Waals surface area contributed by atoms with Gasteiger partial charge in [-0.15, -0.1) is 0 Å². The van der Waals surface area contributed by atoms with Gasteiger partial charge < -0.3 is 19.3 Å². The molecule has 1 heterocycles. The molecule has 2 aromatic rings. The molecule has 0 bridgehead atoms. The number of ether oxygens (including phenoxy) is 2. The maximum atomic E-state index is 12.2. The van der Waals surface area contributed by atoms with E-state index >= 15 is 0 Å². The molecular weight excluding hydrogens is 378 g/mol. The van der Waals surface area contributed by atoms with Crippen molar-refractivity contribution in [3.63, 3.8) is 0 Å². The van der Waals surface area contributed by atoms with Crippen LogP contribution in [0.5, 0.6) is 0 Å². The van der Waals surface area contributed by atoms with Crippen LogP contribution < -0.4 is 4.90 Å². The van der Waals surface area contributed by atoms with Gasteiger partial charge in [0.05, 0.1) is 12.1 Å². The van der Waals surface area contributed by atoms with Crippen LogP contribution in [0.15, 0.2) is 54.6 Å². The van der Waals surface area contributed by atoms with Crippen LogP contribution in [0, 0.1) is 0 Å². The average Bonchev–Trinajstić information content (AvgIpc) is 3.23. The van der Waals surface area contributed by atoms with Crippen molar-refractivity contribution in [2.24, 2.45) is 0 Å². The molecular formula is C24H33N3O3. The van der Waals surface area contributed by atoms with Gasteiger partial charge >= 0.3 is 0 Å². The van der Waals surface area contributed by atoms with E-state index in [0.29, 0.717) is 12.4 Å². The molecule has 3 rings (SSSR count). The summed E-state index contributed by atoms with van der Waals surface area (Å²) in [5, 5.41) is 0. The number of carbonyl (C=O) groups excluding carboxylic acids is 1. The second-order valence-electron chi connectivity index (χ2n) is 8.03. The van der Waals surface area contributed by atoms with Crippen LogP contribution in [-0.2, 0) is 9.47 Å². The van der Waals surface area contributed by atoms with Crippen molar-refractivity contribution in [3.05, 3.63) is 65.7 Å². The number of likely N-dealkylation sites (tertiary alicyclic amines) is 1. The predicted molar refractivity (Wildman–Crippen MR) is 120 cm³/mol. The van der Waals surface area contributed by atoms with Gasteiger partial charge in [0, 0.05) is 59.1 Å². The molecule has 1 saturated heterocycles. The number of methoxy groups -OCH3 is 1. The SMILES string of the molecule is COCO[C@H]1CCN(C[C@H](c2ccccc2)N(C)c2ccc(C(=O)N(C)C)cc2)C1. The minimum atomic E-state index is 0.0166. The molecule has 0 spiro atoms. The Hall–Kier alpha value is -2.41. The van der Waals surface area contributed by atoms with Crippen LogP contribution in [0.3, 0.4) is 0 Å². The van der Waals surface area contributed by atoms with Crippen molar-refractivity contribution in [1.29, 1.82) is 0 Å². The topological polar surface area (TPSA) is 45.3 Å². The van der Waals surface area contributed by atoms with E-state index in [0.717, 1.165) is 31.7 Å². The van der Waals surface area contributed by atoms with E-state index in [1.165, 1.54) is 5.56 Å². The summed E-state index contributed by atoms with van der Waals surface area (Å²) in [4.78, 5) is 18.6. The summed E-state index contributed by atoms with van der Waals surface area (Å²) in [6.07, 6.45) is 1.25. The molecule has 1 amide bonds. The Kier molecular flexibility index (Phi) is 7.85. The first kappa shape index (κ1) is 22.3. The number of rotatable bonds is 9. The van der Waals surface area contributed by atoms with Gasteiger partial charge in [-0.25, -0.2) is 0 Å². The third kappa shape index (κ3) is 5.59. The molecule has 2 aromatic carbocycles. The number of carbonyl (C=O) groups is 1. The van der Waals surface area contributed by atoms with Crippen LogP contribution in [0.25, 0.3) is 0 Å². The first-order valence-corrected chi connectivity index (χ1v) is 10.4. The minimum Gasteiger partial charge on any atom is -0.366 e. The zero-order chi connectivity index (χ0) is 21.5. The van der Waals surface area contributed by atoms with Crippen molar-refractivity contribution in [2.75, 3.05) is 59.6 Å². The maximum absolute atomic E-state index is 12.2. The van der Waals surface area contributed by atoms with E-state index in [-0.39, 0.29) is 18.1 Å². The Morgan fingerprint density at radius 1 is 1.10 bits per heavy atom. The largest absolute Gasteiger partial charge is 0.366 e. The molecule has 0 radical (unpaired) electrons. The summed E-state index contributed by atoms with van der Waals surface area (Å²) in [5.74, 6) is 0.0166. The minimum absolute atomic E-state index is 0.0166. The lowest BCUT2D eigenvalue weighted by Crippen LogP contribution is -2.36. The number of benzene rings is 2. The highest BCUT2D eigenvalue weighted by molar-refractivity contribution is 5.94. The van der Waals surface area contributed by atoms with Gasteiger partial charge in [0.1, 0.15) is 6.79 Å². The second-order valence-corrected chi connectivity index (χ2v) is 8.03. The van der Waals surface area contributed by atoms with Crippen molar-refractivity contribution in [2.45, 2.75) is 18.6 Å². The van der Waals surface area contributed by atoms with Gasteiger partial charge in [0.2, 0.25) is 0 Å². The van der Waals surface area contributed by atoms with Gasteiger partial charge in [0.25, 0.3) is 5.91 Å². The third-order valence-corrected chi connectivity index (χ3v) is 5.66. The molecule has 6 nitrogen and oxygen atoms in total. The molecule has 0 unspecified atom stereocenters. The highest BCUT2D eigenvalue weighted by Gasteiger charge is 2.28. The summed E-state index contributed by atoms with van der Waals surface area (Å²) >= 11 is 0. The summed E-state index contributed by atoms with van der Waals surface area (Å²) in [7, 11) is 7.32. The quantitative estimate of drug-likeness (QED) is 0.593. The Morgan fingerprint density at radius 2 is 1.80 bits per heavy atom. The van der Waals surface area contributed by atoms with Gasteiger partial charge in [-0.3, -0.25) is 9.69 Å². The fourth-order valence-corrected chi connectivity index (χ4v) is 3.91. The lowest BCUT2D eigenvalue weighted by molar-refractivity contribution is -0.0671. The van der Waals surface area contributed by atoms with Gasteiger partial charge in [-0.1, -0.05) is 30.3 Å². The van der Waals surface area contributed by atoms with Crippen molar-refractivity contribution < 1.29 is 14.3 Å². The number of hydrogen-bond acceptors (Lipinski definition) is 5. The van der Waals surface area contributed by atoms with Crippen molar-refractivity contribution >= 4 is 11.6 Å². The van der Waals surface area contributed by atoms with Gasteiger partial charge in [-0.2, -0.15) is 0 Å². The van der Waals surface area contributed by atoms with E-state index in [9.17, 15) is 4.79 Å². The van der Waals surface area contributed by atoms with Crippen LogP contribution in [0.2, 0.25) is 0 Å². The molecule has 1 fully saturated rings. The lowest BCUT2D eigenvalue weighted by Gasteiger charge is -2.34. The third-order valence-electron chi connectivity index (χ3n) is 5.66. The second kappa shape index (κ2) is 10.6. The van der Waals surface area contributed by atoms with E-state index in [2.05, 4.69) is 41.1 Å². The molecule has 2 atom stereocenters. The van der Waals surface area contributed by atoms with Crippen molar-refractivity contribution in [3.8, 4) is 0 Å². The first-order chi connectivity index (χ1) is 14.5. The van der Waals surface area contributed by atoms with Crippen molar-refractivity contribution in [1.82, 2.24) is 9.80 Å². The smallest absolute Gasteiger partial charge is 0.253 e.